The van der Waals surface area contributed by atoms with Crippen molar-refractivity contribution in [3.63, 3.8) is 0 Å². The van der Waals surface area contributed by atoms with Crippen molar-refractivity contribution in [3.8, 4) is 12.3 Å². The molecule has 1 N–H and O–H groups in total. The van der Waals surface area contributed by atoms with Crippen LogP contribution in [0.15, 0.2) is 33.7 Å². The molecule has 0 spiro atoms. The first-order valence-electron chi connectivity index (χ1n) is 5.85. The second kappa shape index (κ2) is 10.1. The van der Waals surface area contributed by atoms with Gasteiger partial charge in [-0.05, 0) is 18.6 Å². The predicted molar refractivity (Wildman–Crippen MR) is 95.8 cm³/mol. The van der Waals surface area contributed by atoms with Gasteiger partial charge < -0.3 is 10.2 Å². The van der Waals surface area contributed by atoms with Gasteiger partial charge in [0.1, 0.15) is 6.54 Å². The second-order valence-corrected chi connectivity index (χ2v) is 4.68. The highest BCUT2D eigenvalue weighted by Crippen LogP contribution is 2.17. The van der Waals surface area contributed by atoms with Gasteiger partial charge in [0, 0.05) is 24.6 Å². The Labute approximate surface area is 141 Å². The van der Waals surface area contributed by atoms with E-state index in [9.17, 15) is 0 Å². The monoisotopic (exact) mass is 435 g/mol. The average molecular weight is 436 g/mol. The number of hydrogen-bond acceptors (Lipinski definition) is 1. The first kappa shape index (κ1) is 18.3. The van der Waals surface area contributed by atoms with Crippen LogP contribution in [0.2, 0.25) is 0 Å². The van der Waals surface area contributed by atoms with Crippen LogP contribution in [-0.2, 0) is 6.54 Å². The molecule has 0 amide bonds. The van der Waals surface area contributed by atoms with Gasteiger partial charge in [0.25, 0.3) is 0 Å². The van der Waals surface area contributed by atoms with Crippen LogP contribution < -0.4 is 5.32 Å². The normalized spacial score (nSPS) is 10.3. The molecule has 0 saturated carbocycles. The molecule has 5 heteroatoms. The maximum absolute atomic E-state index is 5.24. The van der Waals surface area contributed by atoms with Gasteiger partial charge in [-0.25, -0.2) is 4.99 Å². The molecular weight excluding hydrogens is 417 g/mol. The van der Waals surface area contributed by atoms with Crippen molar-refractivity contribution in [1.29, 1.82) is 0 Å². The Morgan fingerprint density at radius 1 is 1.47 bits per heavy atom. The minimum absolute atomic E-state index is 0. The Kier molecular flexibility index (Phi) is 9.70. The van der Waals surface area contributed by atoms with Crippen LogP contribution in [-0.4, -0.2) is 31.0 Å². The van der Waals surface area contributed by atoms with E-state index in [1.54, 1.807) is 0 Å². The third-order valence-corrected chi connectivity index (χ3v) is 3.16. The number of nitrogens with zero attached hydrogens (tertiary/aromatic N) is 2. The molecule has 19 heavy (non-hydrogen) atoms. The summed E-state index contributed by atoms with van der Waals surface area (Å²) in [4.78, 5) is 6.39. The van der Waals surface area contributed by atoms with Crippen LogP contribution in [0.4, 0.5) is 0 Å². The quantitative estimate of drug-likeness (QED) is 0.340. The standard InChI is InChI=1S/C14H18BrN3.HI/c1-4-10-17-14(16-5-2)18(3)11-12-8-6-7-9-13(12)15;/h1,6-9H,5,10-11H2,2-3H3,(H,16,17);1H. The summed E-state index contributed by atoms with van der Waals surface area (Å²) in [6, 6.07) is 8.16. The van der Waals surface area contributed by atoms with Crippen molar-refractivity contribution >= 4 is 45.9 Å². The first-order valence-corrected chi connectivity index (χ1v) is 6.64. The van der Waals surface area contributed by atoms with Crippen LogP contribution in [0.3, 0.4) is 0 Å². The molecule has 0 aliphatic heterocycles. The predicted octanol–water partition coefficient (Wildman–Crippen LogP) is 3.10. The van der Waals surface area contributed by atoms with Crippen LogP contribution in [0.25, 0.3) is 0 Å². The molecule has 1 rings (SSSR count). The molecule has 0 unspecified atom stereocenters. The molecule has 1 aromatic carbocycles. The molecule has 0 aliphatic rings. The number of aliphatic imine (C=N–C) groups is 1. The molecule has 0 aliphatic carbocycles. The van der Waals surface area contributed by atoms with Gasteiger partial charge in [-0.1, -0.05) is 40.0 Å². The minimum Gasteiger partial charge on any atom is -0.356 e. The molecule has 0 bridgehead atoms. The smallest absolute Gasteiger partial charge is 0.194 e. The average Bonchev–Trinajstić information content (AvgIpc) is 2.37. The summed E-state index contributed by atoms with van der Waals surface area (Å²) >= 11 is 3.55. The lowest BCUT2D eigenvalue weighted by Crippen LogP contribution is -2.38. The summed E-state index contributed by atoms with van der Waals surface area (Å²) in [5.74, 6) is 3.35. The van der Waals surface area contributed by atoms with Crippen molar-refractivity contribution < 1.29 is 0 Å². The zero-order valence-corrected chi connectivity index (χ0v) is 15.1. The lowest BCUT2D eigenvalue weighted by Gasteiger charge is -2.22. The van der Waals surface area contributed by atoms with Gasteiger partial charge in [0.2, 0.25) is 0 Å². The van der Waals surface area contributed by atoms with E-state index in [1.165, 1.54) is 5.56 Å². The fourth-order valence-corrected chi connectivity index (χ4v) is 1.96. The van der Waals surface area contributed by atoms with Crippen molar-refractivity contribution in [2.45, 2.75) is 13.5 Å². The van der Waals surface area contributed by atoms with Gasteiger partial charge in [0.05, 0.1) is 0 Å². The molecular formula is C14H19BrIN3. The molecule has 104 valence electrons. The number of rotatable bonds is 4. The third-order valence-electron chi connectivity index (χ3n) is 2.38. The summed E-state index contributed by atoms with van der Waals surface area (Å²) in [5, 5.41) is 3.22. The SMILES string of the molecule is C#CCN=C(NCC)N(C)Cc1ccccc1Br.I. The maximum Gasteiger partial charge on any atom is 0.194 e. The zero-order chi connectivity index (χ0) is 13.4. The molecule has 1 aromatic rings. The van der Waals surface area contributed by atoms with E-state index < -0.39 is 0 Å². The maximum atomic E-state index is 5.24. The largest absolute Gasteiger partial charge is 0.356 e. The van der Waals surface area contributed by atoms with Crippen molar-refractivity contribution in [1.82, 2.24) is 10.2 Å². The number of guanidine groups is 1. The van der Waals surface area contributed by atoms with E-state index in [1.807, 2.05) is 32.2 Å². The van der Waals surface area contributed by atoms with Crippen LogP contribution in [0, 0.1) is 12.3 Å². The van der Waals surface area contributed by atoms with Crippen molar-refractivity contribution in [3.05, 3.63) is 34.3 Å². The van der Waals surface area contributed by atoms with E-state index in [-0.39, 0.29) is 24.0 Å². The number of halogens is 2. The molecule has 0 saturated heterocycles. The van der Waals surface area contributed by atoms with Gasteiger partial charge >= 0.3 is 0 Å². The van der Waals surface area contributed by atoms with Crippen LogP contribution in [0.5, 0.6) is 0 Å². The van der Waals surface area contributed by atoms with Crippen molar-refractivity contribution in [2.24, 2.45) is 4.99 Å². The molecule has 0 radical (unpaired) electrons. The first-order chi connectivity index (χ1) is 8.69. The Morgan fingerprint density at radius 2 is 2.16 bits per heavy atom. The lowest BCUT2D eigenvalue weighted by molar-refractivity contribution is 0.477. The third kappa shape index (κ3) is 6.30. The number of hydrogen-bond donors (Lipinski definition) is 1. The Bertz CT molecular complexity index is 454. The van der Waals surface area contributed by atoms with Crippen LogP contribution in [0.1, 0.15) is 12.5 Å². The number of benzene rings is 1. The minimum atomic E-state index is 0. The van der Waals surface area contributed by atoms with E-state index in [2.05, 4.69) is 43.1 Å². The van der Waals surface area contributed by atoms with E-state index in [0.29, 0.717) is 6.54 Å². The summed E-state index contributed by atoms with van der Waals surface area (Å²) in [7, 11) is 2.00. The fourth-order valence-electron chi connectivity index (χ4n) is 1.55. The highest BCUT2D eigenvalue weighted by atomic mass is 127. The second-order valence-electron chi connectivity index (χ2n) is 3.82. The lowest BCUT2D eigenvalue weighted by atomic mass is 10.2. The summed E-state index contributed by atoms with van der Waals surface area (Å²) < 4.78 is 1.10. The van der Waals surface area contributed by atoms with Gasteiger partial charge in [-0.3, -0.25) is 0 Å². The summed E-state index contributed by atoms with van der Waals surface area (Å²) in [6.07, 6.45) is 5.24. The number of terminal acetylenes is 1. The fraction of sp³-hybridized carbons (Fsp3) is 0.357. The number of nitrogens with one attached hydrogen (secondary N) is 1. The van der Waals surface area contributed by atoms with Gasteiger partial charge in [-0.15, -0.1) is 30.4 Å². The molecule has 0 heterocycles. The van der Waals surface area contributed by atoms with E-state index in [0.717, 1.165) is 23.5 Å². The molecule has 0 atom stereocenters. The van der Waals surface area contributed by atoms with Gasteiger partial charge in [0.15, 0.2) is 5.96 Å². The molecule has 0 aromatic heterocycles. The Morgan fingerprint density at radius 3 is 2.74 bits per heavy atom. The highest BCUT2D eigenvalue weighted by Gasteiger charge is 2.07. The van der Waals surface area contributed by atoms with Crippen molar-refractivity contribution in [2.75, 3.05) is 20.1 Å². The highest BCUT2D eigenvalue weighted by molar-refractivity contribution is 14.0. The van der Waals surface area contributed by atoms with E-state index >= 15 is 0 Å². The Balaban J connectivity index is 0.00000324. The summed E-state index contributed by atoms with van der Waals surface area (Å²) in [6.45, 7) is 4.03. The zero-order valence-electron chi connectivity index (χ0n) is 11.2. The Hall–Kier alpha value is -0.740. The van der Waals surface area contributed by atoms with E-state index in [4.69, 9.17) is 6.42 Å². The van der Waals surface area contributed by atoms with Gasteiger partial charge in [-0.2, -0.15) is 0 Å². The van der Waals surface area contributed by atoms with Crippen LogP contribution >= 0.6 is 39.9 Å². The topological polar surface area (TPSA) is 27.6 Å². The molecule has 0 fully saturated rings. The summed E-state index contributed by atoms with van der Waals surface area (Å²) in [5.41, 5.74) is 1.21. The molecule has 3 nitrogen and oxygen atoms in total.